The Morgan fingerprint density at radius 3 is 2.76 bits per heavy atom. The molecule has 0 atom stereocenters. The Morgan fingerprint density at radius 1 is 1.43 bits per heavy atom. The van der Waals surface area contributed by atoms with Gasteiger partial charge in [0, 0.05) is 19.4 Å². The lowest BCUT2D eigenvalue weighted by Crippen LogP contribution is -2.07. The molecule has 0 aliphatic rings. The molecule has 0 fully saturated rings. The number of aliphatic hydroxyl groups is 1. The Bertz CT molecular complexity index is 611. The van der Waals surface area contributed by atoms with Crippen molar-refractivity contribution in [2.75, 3.05) is 6.61 Å². The van der Waals surface area contributed by atoms with Gasteiger partial charge in [0.15, 0.2) is 5.78 Å². The highest BCUT2D eigenvalue weighted by atomic mass is 16.5. The predicted octanol–water partition coefficient (Wildman–Crippen LogP) is 2.73. The topological polar surface area (TPSA) is 87.4 Å². The third-order valence-electron chi connectivity index (χ3n) is 2.72. The summed E-state index contributed by atoms with van der Waals surface area (Å²) in [6.07, 6.45) is 1.84. The molecule has 0 unspecified atom stereocenters. The zero-order valence-electron chi connectivity index (χ0n) is 12.0. The number of allylic oxidation sites excluding steroid dienone is 1. The van der Waals surface area contributed by atoms with E-state index in [1.807, 2.05) is 19.1 Å². The highest BCUT2D eigenvalue weighted by Crippen LogP contribution is 2.26. The van der Waals surface area contributed by atoms with E-state index < -0.39 is 11.6 Å². The van der Waals surface area contributed by atoms with Gasteiger partial charge in [-0.05, 0) is 25.5 Å². The number of aryl methyl sites for hydroxylation is 1. The first kappa shape index (κ1) is 16.4. The summed E-state index contributed by atoms with van der Waals surface area (Å²) < 4.78 is 5.51. The highest BCUT2D eigenvalue weighted by molar-refractivity contribution is 6.41. The lowest BCUT2D eigenvalue weighted by atomic mass is 10.1. The number of carbonyl (C=O) groups excluding carboxylic acids is 2. The van der Waals surface area contributed by atoms with E-state index in [0.29, 0.717) is 30.8 Å². The molecule has 1 aromatic rings. The summed E-state index contributed by atoms with van der Waals surface area (Å²) in [5.41, 5.74) is 1.23. The van der Waals surface area contributed by atoms with Crippen molar-refractivity contribution < 1.29 is 19.4 Å². The van der Waals surface area contributed by atoms with Crippen LogP contribution < -0.4 is 4.74 Å². The molecule has 0 aliphatic heterocycles. The van der Waals surface area contributed by atoms with Crippen LogP contribution in [-0.2, 0) is 9.59 Å². The van der Waals surface area contributed by atoms with E-state index in [9.17, 15) is 14.7 Å². The third kappa shape index (κ3) is 5.11. The van der Waals surface area contributed by atoms with E-state index in [4.69, 9.17) is 10.00 Å². The van der Waals surface area contributed by atoms with Crippen LogP contribution in [0, 0.1) is 18.3 Å². The zero-order chi connectivity index (χ0) is 15.8. The van der Waals surface area contributed by atoms with Crippen molar-refractivity contribution in [1.29, 1.82) is 5.26 Å². The SMILES string of the molecule is CC(=O)C(=O)/C=C(\O)c1cc(C)ccc1OCCCC#N. The molecule has 5 heteroatoms. The second-order valence-electron chi connectivity index (χ2n) is 4.56. The average molecular weight is 287 g/mol. The molecule has 0 bridgehead atoms. The molecule has 1 rings (SSSR count). The fourth-order valence-electron chi connectivity index (χ4n) is 1.61. The maximum atomic E-state index is 11.4. The molecule has 0 spiro atoms. The number of benzene rings is 1. The Labute approximate surface area is 123 Å². The minimum Gasteiger partial charge on any atom is -0.507 e. The number of nitriles is 1. The molecule has 1 aromatic carbocycles. The van der Waals surface area contributed by atoms with E-state index in [1.54, 1.807) is 12.1 Å². The van der Waals surface area contributed by atoms with Crippen molar-refractivity contribution in [3.63, 3.8) is 0 Å². The molecular formula is C16H17NO4. The largest absolute Gasteiger partial charge is 0.507 e. The standard InChI is InChI=1S/C16H17NO4/c1-11-5-6-16(21-8-4-3-7-17)13(9-11)15(20)10-14(19)12(2)18/h5-6,9-10,20H,3-4,8H2,1-2H3/b15-10-. The van der Waals surface area contributed by atoms with Crippen molar-refractivity contribution in [2.45, 2.75) is 26.7 Å². The molecule has 0 amide bonds. The number of ether oxygens (including phenoxy) is 1. The van der Waals surface area contributed by atoms with Crippen LogP contribution in [0.25, 0.3) is 5.76 Å². The summed E-state index contributed by atoms with van der Waals surface area (Å²) in [5, 5.41) is 18.5. The minimum absolute atomic E-state index is 0.311. The molecular weight excluding hydrogens is 270 g/mol. The van der Waals surface area contributed by atoms with E-state index in [1.165, 1.54) is 0 Å². The summed E-state index contributed by atoms with van der Waals surface area (Å²) in [5.74, 6) is -1.33. The van der Waals surface area contributed by atoms with Crippen LogP contribution in [0.4, 0.5) is 0 Å². The van der Waals surface area contributed by atoms with Gasteiger partial charge in [-0.15, -0.1) is 0 Å². The first-order valence-corrected chi connectivity index (χ1v) is 6.52. The lowest BCUT2D eigenvalue weighted by molar-refractivity contribution is -0.132. The van der Waals surface area contributed by atoms with Crippen LogP contribution >= 0.6 is 0 Å². The normalized spacial score (nSPS) is 10.8. The highest BCUT2D eigenvalue weighted by Gasteiger charge is 2.12. The van der Waals surface area contributed by atoms with Gasteiger partial charge in [-0.25, -0.2) is 0 Å². The van der Waals surface area contributed by atoms with E-state index in [-0.39, 0.29) is 5.76 Å². The van der Waals surface area contributed by atoms with Crippen molar-refractivity contribution in [3.05, 3.63) is 35.4 Å². The molecule has 110 valence electrons. The fraction of sp³-hybridized carbons (Fsp3) is 0.312. The molecule has 5 nitrogen and oxygen atoms in total. The lowest BCUT2D eigenvalue weighted by Gasteiger charge is -2.11. The van der Waals surface area contributed by atoms with Gasteiger partial charge >= 0.3 is 0 Å². The van der Waals surface area contributed by atoms with Crippen LogP contribution in [-0.4, -0.2) is 23.3 Å². The Morgan fingerprint density at radius 2 is 2.14 bits per heavy atom. The fourth-order valence-corrected chi connectivity index (χ4v) is 1.61. The second-order valence-corrected chi connectivity index (χ2v) is 4.56. The zero-order valence-corrected chi connectivity index (χ0v) is 12.0. The van der Waals surface area contributed by atoms with Gasteiger partial charge in [0.25, 0.3) is 0 Å². The summed E-state index contributed by atoms with van der Waals surface area (Å²) in [7, 11) is 0. The van der Waals surface area contributed by atoms with Crippen LogP contribution in [0.2, 0.25) is 0 Å². The third-order valence-corrected chi connectivity index (χ3v) is 2.72. The van der Waals surface area contributed by atoms with Crippen molar-refractivity contribution >= 4 is 17.3 Å². The van der Waals surface area contributed by atoms with Gasteiger partial charge in [0.2, 0.25) is 5.78 Å². The Balaban J connectivity index is 2.99. The van der Waals surface area contributed by atoms with Gasteiger partial charge in [-0.3, -0.25) is 9.59 Å². The van der Waals surface area contributed by atoms with Gasteiger partial charge < -0.3 is 9.84 Å². The van der Waals surface area contributed by atoms with Gasteiger partial charge in [0.05, 0.1) is 18.2 Å². The number of ketones is 2. The smallest absolute Gasteiger partial charge is 0.224 e. The van der Waals surface area contributed by atoms with E-state index >= 15 is 0 Å². The molecule has 1 N–H and O–H groups in total. The van der Waals surface area contributed by atoms with Crippen molar-refractivity contribution in [1.82, 2.24) is 0 Å². The monoisotopic (exact) mass is 287 g/mol. The number of nitrogens with zero attached hydrogens (tertiary/aromatic N) is 1. The summed E-state index contributed by atoms with van der Waals surface area (Å²) in [6, 6.07) is 7.17. The van der Waals surface area contributed by atoms with Gasteiger partial charge in [-0.1, -0.05) is 11.6 Å². The quantitative estimate of drug-likeness (QED) is 0.360. The number of hydrogen-bond acceptors (Lipinski definition) is 5. The molecule has 0 heterocycles. The number of unbranched alkanes of at least 4 members (excludes halogenated alkanes) is 1. The maximum Gasteiger partial charge on any atom is 0.224 e. The summed E-state index contributed by atoms with van der Waals surface area (Å²) in [4.78, 5) is 22.3. The summed E-state index contributed by atoms with van der Waals surface area (Å²) in [6.45, 7) is 3.31. The minimum atomic E-state index is -0.774. The number of rotatable bonds is 7. The van der Waals surface area contributed by atoms with Crippen LogP contribution in [0.1, 0.15) is 30.9 Å². The molecule has 21 heavy (non-hydrogen) atoms. The van der Waals surface area contributed by atoms with Gasteiger partial charge in [0.1, 0.15) is 11.5 Å². The molecule has 0 radical (unpaired) electrons. The Kier molecular flexibility index (Phi) is 6.15. The molecule has 0 aromatic heterocycles. The second kappa shape index (κ2) is 7.85. The number of aliphatic hydroxyl groups excluding tert-OH is 1. The van der Waals surface area contributed by atoms with E-state index in [0.717, 1.165) is 18.6 Å². The van der Waals surface area contributed by atoms with Crippen LogP contribution in [0.15, 0.2) is 24.3 Å². The first-order chi connectivity index (χ1) is 9.95. The van der Waals surface area contributed by atoms with E-state index in [2.05, 4.69) is 0 Å². The molecule has 0 saturated carbocycles. The van der Waals surface area contributed by atoms with Crippen molar-refractivity contribution in [3.8, 4) is 11.8 Å². The average Bonchev–Trinajstić information content (AvgIpc) is 2.44. The Hall–Kier alpha value is -2.61. The van der Waals surface area contributed by atoms with Gasteiger partial charge in [-0.2, -0.15) is 5.26 Å². The number of hydrogen-bond donors (Lipinski definition) is 1. The van der Waals surface area contributed by atoms with Crippen LogP contribution in [0.5, 0.6) is 5.75 Å². The van der Waals surface area contributed by atoms with Crippen molar-refractivity contribution in [2.24, 2.45) is 0 Å². The first-order valence-electron chi connectivity index (χ1n) is 6.52. The molecule has 0 aliphatic carbocycles. The summed E-state index contributed by atoms with van der Waals surface area (Å²) >= 11 is 0. The van der Waals surface area contributed by atoms with Crippen LogP contribution in [0.3, 0.4) is 0 Å². The molecule has 0 saturated heterocycles. The maximum absolute atomic E-state index is 11.4. The number of Topliss-reactive ketones (excluding diaryl/α,β-unsaturated/α-hetero) is 1. The predicted molar refractivity (Wildman–Crippen MR) is 77.8 cm³/mol. The number of carbonyl (C=O) groups is 2.